The molecule has 0 aromatic heterocycles. The lowest BCUT2D eigenvalue weighted by Crippen LogP contribution is -2.44. The summed E-state index contributed by atoms with van der Waals surface area (Å²) in [5.74, 6) is 0.790. The molecule has 1 aromatic carbocycles. The smallest absolute Gasteiger partial charge is 0.255 e. The van der Waals surface area contributed by atoms with E-state index < -0.39 is 0 Å². The normalized spacial score (nSPS) is 19.5. The molecule has 1 saturated heterocycles. The number of piperidine rings is 1. The predicted molar refractivity (Wildman–Crippen MR) is 82.2 cm³/mol. The molecule has 0 spiro atoms. The molecule has 1 unspecified atom stereocenters. The summed E-state index contributed by atoms with van der Waals surface area (Å²) in [5.41, 5.74) is 0.830. The average molecular weight is 298 g/mol. The van der Waals surface area contributed by atoms with Gasteiger partial charge in [-0.05, 0) is 44.1 Å². The second-order valence-corrected chi connectivity index (χ2v) is 6.05. The highest BCUT2D eigenvalue weighted by atomic mass is 35.5. The number of carbonyl (C=O) groups excluding carboxylic acids is 1. The van der Waals surface area contributed by atoms with Crippen LogP contribution in [0, 0.1) is 0 Å². The third-order valence-corrected chi connectivity index (χ3v) is 4.68. The van der Waals surface area contributed by atoms with Crippen molar-refractivity contribution in [3.05, 3.63) is 29.8 Å². The highest BCUT2D eigenvalue weighted by Gasteiger charge is 2.27. The molecular formula is C15H20ClNOS. The maximum atomic E-state index is 12.7. The maximum Gasteiger partial charge on any atom is 0.255 e. The van der Waals surface area contributed by atoms with Crippen LogP contribution in [0.4, 0.5) is 0 Å². The summed E-state index contributed by atoms with van der Waals surface area (Å²) in [6.07, 6.45) is 6.30. The number of benzene rings is 1. The van der Waals surface area contributed by atoms with Crippen molar-refractivity contribution in [1.29, 1.82) is 0 Å². The molecule has 0 radical (unpaired) electrons. The number of hydrogen-bond donors (Lipinski definition) is 0. The minimum absolute atomic E-state index is 0.166. The Labute approximate surface area is 124 Å². The SMILES string of the molecule is CSc1ccccc1C(=O)N1CCCCC1CCCl. The van der Waals surface area contributed by atoms with Crippen LogP contribution in [0.15, 0.2) is 29.2 Å². The van der Waals surface area contributed by atoms with E-state index >= 15 is 0 Å². The van der Waals surface area contributed by atoms with E-state index in [-0.39, 0.29) is 5.91 Å². The minimum Gasteiger partial charge on any atom is -0.336 e. The lowest BCUT2D eigenvalue weighted by atomic mass is 9.99. The van der Waals surface area contributed by atoms with Crippen LogP contribution >= 0.6 is 23.4 Å². The Bertz CT molecular complexity index is 436. The summed E-state index contributed by atoms with van der Waals surface area (Å²) in [5, 5.41) is 0. The van der Waals surface area contributed by atoms with Crippen molar-refractivity contribution < 1.29 is 4.79 Å². The molecule has 0 N–H and O–H groups in total. The Morgan fingerprint density at radius 3 is 2.95 bits per heavy atom. The second-order valence-electron chi connectivity index (χ2n) is 4.83. The zero-order valence-corrected chi connectivity index (χ0v) is 12.8. The first-order chi connectivity index (χ1) is 9.27. The van der Waals surface area contributed by atoms with Crippen LogP contribution in [-0.4, -0.2) is 35.5 Å². The van der Waals surface area contributed by atoms with Gasteiger partial charge in [0.15, 0.2) is 0 Å². The third kappa shape index (κ3) is 3.46. The van der Waals surface area contributed by atoms with Crippen LogP contribution in [0.25, 0.3) is 0 Å². The Hall–Kier alpha value is -0.670. The molecule has 4 heteroatoms. The molecule has 0 aliphatic carbocycles. The van der Waals surface area contributed by atoms with Crippen molar-refractivity contribution >= 4 is 29.3 Å². The molecule has 0 bridgehead atoms. The van der Waals surface area contributed by atoms with E-state index in [1.807, 2.05) is 35.4 Å². The highest BCUT2D eigenvalue weighted by Crippen LogP contribution is 2.26. The molecule has 1 aromatic rings. The summed E-state index contributed by atoms with van der Waals surface area (Å²) in [6.45, 7) is 0.864. The number of halogens is 1. The van der Waals surface area contributed by atoms with Gasteiger partial charge < -0.3 is 4.90 Å². The third-order valence-electron chi connectivity index (χ3n) is 3.67. The van der Waals surface area contributed by atoms with E-state index in [4.69, 9.17) is 11.6 Å². The molecule has 19 heavy (non-hydrogen) atoms. The lowest BCUT2D eigenvalue weighted by Gasteiger charge is -2.36. The van der Waals surface area contributed by atoms with Gasteiger partial charge in [0.05, 0.1) is 5.56 Å². The van der Waals surface area contributed by atoms with E-state index in [2.05, 4.69) is 0 Å². The fourth-order valence-corrected chi connectivity index (χ4v) is 3.51. The number of hydrogen-bond acceptors (Lipinski definition) is 2. The number of rotatable bonds is 4. The molecule has 2 rings (SSSR count). The van der Waals surface area contributed by atoms with Crippen molar-refractivity contribution in [3.8, 4) is 0 Å². The van der Waals surface area contributed by atoms with Gasteiger partial charge in [-0.15, -0.1) is 23.4 Å². The summed E-state index contributed by atoms with van der Waals surface area (Å²) < 4.78 is 0. The van der Waals surface area contributed by atoms with Gasteiger partial charge in [-0.3, -0.25) is 4.79 Å². The van der Waals surface area contributed by atoms with Gasteiger partial charge in [0, 0.05) is 23.4 Å². The molecule has 1 heterocycles. The largest absolute Gasteiger partial charge is 0.336 e. The fraction of sp³-hybridized carbons (Fsp3) is 0.533. The second kappa shape index (κ2) is 7.20. The standard InChI is InChI=1S/C15H20ClNOS/c1-19-14-8-3-2-7-13(14)15(18)17-11-5-4-6-12(17)9-10-16/h2-3,7-8,12H,4-6,9-11H2,1H3. The summed E-state index contributed by atoms with van der Waals surface area (Å²) in [6, 6.07) is 8.18. The molecule has 2 nitrogen and oxygen atoms in total. The van der Waals surface area contributed by atoms with E-state index in [9.17, 15) is 4.79 Å². The molecule has 1 aliphatic rings. The van der Waals surface area contributed by atoms with Crippen LogP contribution in [0.1, 0.15) is 36.0 Å². The number of amides is 1. The Kier molecular flexibility index (Phi) is 5.59. The lowest BCUT2D eigenvalue weighted by molar-refractivity contribution is 0.0605. The Balaban J connectivity index is 2.21. The van der Waals surface area contributed by atoms with E-state index in [0.29, 0.717) is 11.9 Å². The molecular weight excluding hydrogens is 278 g/mol. The van der Waals surface area contributed by atoms with Crippen LogP contribution in [-0.2, 0) is 0 Å². The molecule has 1 aliphatic heterocycles. The fourth-order valence-electron chi connectivity index (χ4n) is 2.67. The van der Waals surface area contributed by atoms with Gasteiger partial charge in [0.1, 0.15) is 0 Å². The van der Waals surface area contributed by atoms with Crippen LogP contribution in [0.5, 0.6) is 0 Å². The van der Waals surface area contributed by atoms with Gasteiger partial charge in [0.25, 0.3) is 5.91 Å². The Morgan fingerprint density at radius 2 is 2.21 bits per heavy atom. The van der Waals surface area contributed by atoms with Gasteiger partial charge in [0.2, 0.25) is 0 Å². The van der Waals surface area contributed by atoms with Crippen LogP contribution in [0.3, 0.4) is 0 Å². The van der Waals surface area contributed by atoms with Crippen molar-refractivity contribution in [2.75, 3.05) is 18.7 Å². The molecule has 104 valence electrons. The van der Waals surface area contributed by atoms with E-state index in [1.54, 1.807) is 11.8 Å². The van der Waals surface area contributed by atoms with Crippen molar-refractivity contribution in [2.24, 2.45) is 0 Å². The topological polar surface area (TPSA) is 20.3 Å². The van der Waals surface area contributed by atoms with Gasteiger partial charge in [-0.1, -0.05) is 12.1 Å². The maximum absolute atomic E-state index is 12.7. The summed E-state index contributed by atoms with van der Waals surface area (Å²) >= 11 is 7.50. The number of carbonyl (C=O) groups is 1. The highest BCUT2D eigenvalue weighted by molar-refractivity contribution is 7.98. The molecule has 1 amide bonds. The quantitative estimate of drug-likeness (QED) is 0.618. The molecule has 0 saturated carbocycles. The number of alkyl halides is 1. The summed E-state index contributed by atoms with van der Waals surface area (Å²) in [4.78, 5) is 15.8. The first kappa shape index (κ1) is 14.7. The predicted octanol–water partition coefficient (Wildman–Crippen LogP) is 4.03. The molecule has 1 atom stereocenters. The number of thioether (sulfide) groups is 1. The van der Waals surface area contributed by atoms with Crippen molar-refractivity contribution in [1.82, 2.24) is 4.90 Å². The monoisotopic (exact) mass is 297 g/mol. The number of likely N-dealkylation sites (tertiary alicyclic amines) is 1. The minimum atomic E-state index is 0.166. The van der Waals surface area contributed by atoms with E-state index in [1.165, 1.54) is 6.42 Å². The zero-order valence-electron chi connectivity index (χ0n) is 11.3. The van der Waals surface area contributed by atoms with Crippen molar-refractivity contribution in [2.45, 2.75) is 36.6 Å². The van der Waals surface area contributed by atoms with Gasteiger partial charge >= 0.3 is 0 Å². The van der Waals surface area contributed by atoms with Crippen LogP contribution < -0.4 is 0 Å². The Morgan fingerprint density at radius 1 is 1.42 bits per heavy atom. The first-order valence-corrected chi connectivity index (χ1v) is 8.53. The van der Waals surface area contributed by atoms with Gasteiger partial charge in [-0.2, -0.15) is 0 Å². The van der Waals surface area contributed by atoms with E-state index in [0.717, 1.165) is 36.3 Å². The summed E-state index contributed by atoms with van der Waals surface area (Å²) in [7, 11) is 0. The molecule has 1 fully saturated rings. The van der Waals surface area contributed by atoms with Gasteiger partial charge in [-0.25, -0.2) is 0 Å². The van der Waals surface area contributed by atoms with Crippen LogP contribution in [0.2, 0.25) is 0 Å². The van der Waals surface area contributed by atoms with Crippen molar-refractivity contribution in [3.63, 3.8) is 0 Å². The zero-order chi connectivity index (χ0) is 13.7. The average Bonchev–Trinajstić information content (AvgIpc) is 2.47. The first-order valence-electron chi connectivity index (χ1n) is 6.78. The number of nitrogens with zero attached hydrogens (tertiary/aromatic N) is 1.